The third kappa shape index (κ3) is 4.91. The molecule has 0 spiro atoms. The first-order valence-electron chi connectivity index (χ1n) is 8.80. The maximum Gasteiger partial charge on any atom is 0.262 e. The number of hydrogen-bond acceptors (Lipinski definition) is 5. The number of benzene rings is 2. The second-order valence-electron chi connectivity index (χ2n) is 6.14. The van der Waals surface area contributed by atoms with E-state index in [0.717, 1.165) is 12.8 Å². The molecule has 0 saturated carbocycles. The average Bonchev–Trinajstić information content (AvgIpc) is 2.67. The van der Waals surface area contributed by atoms with Crippen molar-refractivity contribution in [1.82, 2.24) is 0 Å². The lowest BCUT2D eigenvalue weighted by Gasteiger charge is -2.19. The van der Waals surface area contributed by atoms with Gasteiger partial charge in [-0.1, -0.05) is 13.3 Å². The number of carbonyl (C=O) groups excluding carboxylic acids is 1. The minimum absolute atomic E-state index is 0.0542. The van der Waals surface area contributed by atoms with Gasteiger partial charge in [0, 0.05) is 23.9 Å². The lowest BCUT2D eigenvalue weighted by molar-refractivity contribution is -0.116. The van der Waals surface area contributed by atoms with E-state index in [1.54, 1.807) is 30.3 Å². The van der Waals surface area contributed by atoms with E-state index in [1.165, 1.54) is 12.1 Å². The van der Waals surface area contributed by atoms with Crippen molar-refractivity contribution in [3.63, 3.8) is 0 Å². The molecule has 7 nitrogen and oxygen atoms in total. The van der Waals surface area contributed by atoms with Crippen molar-refractivity contribution in [2.75, 3.05) is 23.3 Å². The van der Waals surface area contributed by atoms with E-state index < -0.39 is 10.0 Å². The molecule has 0 atom stereocenters. The van der Waals surface area contributed by atoms with Gasteiger partial charge in [-0.05, 0) is 42.8 Å². The van der Waals surface area contributed by atoms with Crippen LogP contribution in [0.1, 0.15) is 26.2 Å². The number of amides is 1. The van der Waals surface area contributed by atoms with Crippen LogP contribution in [0.3, 0.4) is 0 Å². The highest BCUT2D eigenvalue weighted by molar-refractivity contribution is 7.92. The minimum Gasteiger partial charge on any atom is -0.486 e. The van der Waals surface area contributed by atoms with Crippen LogP contribution in [-0.4, -0.2) is 27.5 Å². The Bertz CT molecular complexity index is 910. The maximum atomic E-state index is 12.6. The van der Waals surface area contributed by atoms with Crippen LogP contribution >= 0.6 is 0 Å². The largest absolute Gasteiger partial charge is 0.486 e. The minimum atomic E-state index is -3.77. The van der Waals surface area contributed by atoms with Crippen molar-refractivity contribution < 1.29 is 22.7 Å². The molecule has 0 radical (unpaired) electrons. The fourth-order valence-corrected chi connectivity index (χ4v) is 3.66. The molecule has 0 aliphatic carbocycles. The first kappa shape index (κ1) is 19.0. The van der Waals surface area contributed by atoms with Crippen molar-refractivity contribution >= 4 is 27.3 Å². The number of ether oxygens (including phenoxy) is 2. The molecule has 27 heavy (non-hydrogen) atoms. The summed E-state index contributed by atoms with van der Waals surface area (Å²) in [5.74, 6) is 0.888. The Morgan fingerprint density at radius 1 is 1.00 bits per heavy atom. The van der Waals surface area contributed by atoms with Crippen LogP contribution in [0.5, 0.6) is 11.5 Å². The summed E-state index contributed by atoms with van der Waals surface area (Å²) >= 11 is 0. The van der Waals surface area contributed by atoms with Gasteiger partial charge in [0.05, 0.1) is 4.90 Å². The molecule has 0 aromatic heterocycles. The standard InChI is InChI=1S/C19H22N2O5S/c1-2-3-4-19(22)20-14-5-7-15(8-6-14)21-27(23,24)16-9-10-17-18(13-16)26-12-11-25-17/h5-10,13,21H,2-4,11-12H2,1H3,(H,20,22). The summed E-state index contributed by atoms with van der Waals surface area (Å²) in [5.41, 5.74) is 1.02. The smallest absolute Gasteiger partial charge is 0.262 e. The van der Waals surface area contributed by atoms with Crippen molar-refractivity contribution in [2.45, 2.75) is 31.1 Å². The zero-order chi connectivity index (χ0) is 19.3. The number of rotatable bonds is 7. The molecule has 1 heterocycles. The fourth-order valence-electron chi connectivity index (χ4n) is 2.59. The van der Waals surface area contributed by atoms with Gasteiger partial charge in [0.25, 0.3) is 10.0 Å². The van der Waals surface area contributed by atoms with Crippen LogP contribution < -0.4 is 19.5 Å². The number of unbranched alkanes of at least 4 members (excludes halogenated alkanes) is 1. The SMILES string of the molecule is CCCCC(=O)Nc1ccc(NS(=O)(=O)c2ccc3c(c2)OCCO3)cc1. The number of hydrogen-bond donors (Lipinski definition) is 2. The molecule has 0 fully saturated rings. The summed E-state index contributed by atoms with van der Waals surface area (Å²) in [6, 6.07) is 11.0. The van der Waals surface area contributed by atoms with Gasteiger partial charge < -0.3 is 14.8 Å². The Morgan fingerprint density at radius 3 is 2.37 bits per heavy atom. The fraction of sp³-hybridized carbons (Fsp3) is 0.316. The molecule has 3 rings (SSSR count). The third-order valence-electron chi connectivity index (χ3n) is 4.00. The molecule has 0 unspecified atom stereocenters. The molecule has 8 heteroatoms. The normalized spacial score (nSPS) is 13.1. The average molecular weight is 390 g/mol. The summed E-state index contributed by atoms with van der Waals surface area (Å²) in [7, 11) is -3.77. The number of sulfonamides is 1. The summed E-state index contributed by atoms with van der Waals surface area (Å²) in [4.78, 5) is 11.8. The van der Waals surface area contributed by atoms with Gasteiger partial charge in [-0.2, -0.15) is 0 Å². The van der Waals surface area contributed by atoms with E-state index >= 15 is 0 Å². The van der Waals surface area contributed by atoms with E-state index in [-0.39, 0.29) is 10.8 Å². The third-order valence-corrected chi connectivity index (χ3v) is 5.38. The van der Waals surface area contributed by atoms with E-state index in [4.69, 9.17) is 9.47 Å². The topological polar surface area (TPSA) is 93.7 Å². The Labute approximate surface area is 158 Å². The van der Waals surface area contributed by atoms with Crippen molar-refractivity contribution in [3.8, 4) is 11.5 Å². The van der Waals surface area contributed by atoms with Gasteiger partial charge in [0.2, 0.25) is 5.91 Å². The monoisotopic (exact) mass is 390 g/mol. The molecule has 1 aliphatic heterocycles. The summed E-state index contributed by atoms with van der Waals surface area (Å²) < 4.78 is 38.5. The lowest BCUT2D eigenvalue weighted by atomic mass is 10.2. The highest BCUT2D eigenvalue weighted by Gasteiger charge is 2.19. The number of carbonyl (C=O) groups is 1. The van der Waals surface area contributed by atoms with Gasteiger partial charge in [-0.3, -0.25) is 9.52 Å². The number of fused-ring (bicyclic) bond motifs is 1. The molecule has 0 saturated heterocycles. The van der Waals surface area contributed by atoms with Crippen LogP contribution in [0.25, 0.3) is 0 Å². The second kappa shape index (κ2) is 8.30. The molecule has 1 amide bonds. The van der Waals surface area contributed by atoms with Gasteiger partial charge in [0.1, 0.15) is 13.2 Å². The van der Waals surface area contributed by atoms with Crippen LogP contribution in [0.2, 0.25) is 0 Å². The first-order valence-corrected chi connectivity index (χ1v) is 10.3. The predicted molar refractivity (Wildman–Crippen MR) is 103 cm³/mol. The van der Waals surface area contributed by atoms with Gasteiger partial charge >= 0.3 is 0 Å². The summed E-state index contributed by atoms with van der Waals surface area (Å²) in [6.07, 6.45) is 2.25. The molecular weight excluding hydrogens is 368 g/mol. The zero-order valence-corrected chi connectivity index (χ0v) is 15.8. The number of anilines is 2. The molecule has 0 bridgehead atoms. The van der Waals surface area contributed by atoms with Crippen LogP contribution in [0.4, 0.5) is 11.4 Å². The van der Waals surface area contributed by atoms with E-state index in [2.05, 4.69) is 10.0 Å². The Hall–Kier alpha value is -2.74. The Morgan fingerprint density at radius 2 is 1.67 bits per heavy atom. The number of nitrogens with one attached hydrogen (secondary N) is 2. The highest BCUT2D eigenvalue weighted by atomic mass is 32.2. The van der Waals surface area contributed by atoms with E-state index in [1.807, 2.05) is 6.92 Å². The predicted octanol–water partition coefficient (Wildman–Crippen LogP) is 3.39. The Balaban J connectivity index is 1.68. The van der Waals surface area contributed by atoms with Crippen molar-refractivity contribution in [2.24, 2.45) is 0 Å². The highest BCUT2D eigenvalue weighted by Crippen LogP contribution is 2.32. The second-order valence-corrected chi connectivity index (χ2v) is 7.82. The first-order chi connectivity index (χ1) is 13.0. The van der Waals surface area contributed by atoms with E-state index in [0.29, 0.717) is 42.5 Å². The molecule has 144 valence electrons. The van der Waals surface area contributed by atoms with Crippen molar-refractivity contribution in [1.29, 1.82) is 0 Å². The zero-order valence-electron chi connectivity index (χ0n) is 15.0. The van der Waals surface area contributed by atoms with Crippen LogP contribution in [0, 0.1) is 0 Å². The van der Waals surface area contributed by atoms with Gasteiger partial charge in [0.15, 0.2) is 11.5 Å². The molecule has 1 aliphatic rings. The quantitative estimate of drug-likeness (QED) is 0.756. The molecule has 2 N–H and O–H groups in total. The molecule has 2 aromatic rings. The Kier molecular flexibility index (Phi) is 5.85. The summed E-state index contributed by atoms with van der Waals surface area (Å²) in [6.45, 7) is 2.85. The molecule has 2 aromatic carbocycles. The maximum absolute atomic E-state index is 12.6. The summed E-state index contributed by atoms with van der Waals surface area (Å²) in [5, 5.41) is 2.79. The van der Waals surface area contributed by atoms with Crippen LogP contribution in [-0.2, 0) is 14.8 Å². The van der Waals surface area contributed by atoms with Gasteiger partial charge in [-0.25, -0.2) is 8.42 Å². The van der Waals surface area contributed by atoms with Gasteiger partial charge in [-0.15, -0.1) is 0 Å². The van der Waals surface area contributed by atoms with E-state index in [9.17, 15) is 13.2 Å². The lowest BCUT2D eigenvalue weighted by Crippen LogP contribution is -2.17. The van der Waals surface area contributed by atoms with Crippen molar-refractivity contribution in [3.05, 3.63) is 42.5 Å². The molecular formula is C19H22N2O5S. The van der Waals surface area contributed by atoms with Crippen LogP contribution in [0.15, 0.2) is 47.4 Å².